The van der Waals surface area contributed by atoms with Crippen LogP contribution in [-0.4, -0.2) is 52.0 Å². The molecule has 0 saturated carbocycles. The molecule has 0 amide bonds. The molecule has 3 aromatic carbocycles. The van der Waals surface area contributed by atoms with Gasteiger partial charge >= 0.3 is 17.9 Å². The largest absolute Gasteiger partial charge is 0.450 e. The Morgan fingerprint density at radius 3 is 1.53 bits per heavy atom. The lowest BCUT2D eigenvalue weighted by molar-refractivity contribution is -0.138. The minimum Gasteiger partial charge on any atom is -0.450 e. The van der Waals surface area contributed by atoms with Gasteiger partial charge in [0.2, 0.25) is 11.1 Å². The van der Waals surface area contributed by atoms with Crippen LogP contribution in [0.5, 0.6) is 0 Å². The van der Waals surface area contributed by atoms with Crippen molar-refractivity contribution in [3.63, 3.8) is 0 Å². The number of fused-ring (bicyclic) bond motifs is 8. The molecular weight excluding hydrogens is 979 g/mol. The zero-order chi connectivity index (χ0) is 52.4. The topological polar surface area (TPSA) is 200 Å². The first-order valence-corrected chi connectivity index (χ1v) is 24.6. The Kier molecular flexibility index (Phi) is 20.9. The fourth-order valence-electron chi connectivity index (χ4n) is 9.57. The Labute approximate surface area is 434 Å². The maximum absolute atomic E-state index is 12.3. The summed E-state index contributed by atoms with van der Waals surface area (Å²) in [5, 5.41) is 3.09. The summed E-state index contributed by atoms with van der Waals surface area (Å²) in [6.07, 6.45) is 12.1. The molecule has 378 valence electrons. The number of pyridine rings is 2. The summed E-state index contributed by atoms with van der Waals surface area (Å²) in [5.74, 6) is -0.532. The van der Waals surface area contributed by atoms with E-state index >= 15 is 0 Å². The van der Waals surface area contributed by atoms with Crippen LogP contribution in [0, 0.1) is 11.8 Å². The van der Waals surface area contributed by atoms with Crippen molar-refractivity contribution in [3.05, 3.63) is 222 Å². The van der Waals surface area contributed by atoms with Crippen LogP contribution in [0.15, 0.2) is 171 Å². The third-order valence-electron chi connectivity index (χ3n) is 12.3. The smallest absolute Gasteiger partial charge is 0.339 e. The second kappa shape index (κ2) is 26.7. The third-order valence-corrected chi connectivity index (χ3v) is 12.8. The molecule has 4 unspecified atom stereocenters. The first-order valence-electron chi connectivity index (χ1n) is 23.1. The van der Waals surface area contributed by atoms with Crippen molar-refractivity contribution < 1.29 is 33.4 Å². The molecule has 4 aliphatic carbocycles. The van der Waals surface area contributed by atoms with Crippen LogP contribution < -0.4 is 22.2 Å². The Morgan fingerprint density at radius 1 is 0.639 bits per heavy atom. The van der Waals surface area contributed by atoms with Crippen LogP contribution in [0.3, 0.4) is 0 Å². The fourth-order valence-corrected chi connectivity index (χ4v) is 9.95. The van der Waals surface area contributed by atoms with Crippen LogP contribution in [0.4, 0.5) is 0 Å². The molecular formula is C56H59Cl3N4O9. The summed E-state index contributed by atoms with van der Waals surface area (Å²) in [4.78, 5) is 72.7. The maximum Gasteiger partial charge on any atom is 0.339 e. The van der Waals surface area contributed by atoms with E-state index in [1.54, 1.807) is 72.8 Å². The van der Waals surface area contributed by atoms with Gasteiger partial charge in [0.25, 0.3) is 5.24 Å². The zero-order valence-corrected chi connectivity index (χ0v) is 43.0. The normalized spacial score (nSPS) is 20.7. The molecule has 0 aliphatic heterocycles. The average molecular weight is 1040 g/mol. The molecule has 0 saturated heterocycles. The van der Waals surface area contributed by atoms with Gasteiger partial charge in [-0.1, -0.05) is 125 Å². The molecule has 2 heterocycles. The van der Waals surface area contributed by atoms with Crippen molar-refractivity contribution in [2.45, 2.75) is 71.4 Å². The van der Waals surface area contributed by atoms with Crippen molar-refractivity contribution in [1.82, 2.24) is 15.3 Å². The molecule has 72 heavy (non-hydrogen) atoms. The number of rotatable bonds is 8. The van der Waals surface area contributed by atoms with E-state index in [4.69, 9.17) is 45.3 Å². The lowest BCUT2D eigenvalue weighted by atomic mass is 9.63. The van der Waals surface area contributed by atoms with Crippen LogP contribution in [0.2, 0.25) is 0 Å². The highest BCUT2D eigenvalue weighted by molar-refractivity contribution is 6.67. The van der Waals surface area contributed by atoms with E-state index in [1.807, 2.05) is 49.4 Å². The first kappa shape index (κ1) is 56.3. The van der Waals surface area contributed by atoms with Crippen molar-refractivity contribution in [3.8, 4) is 0 Å². The lowest BCUT2D eigenvalue weighted by Crippen LogP contribution is -2.52. The van der Waals surface area contributed by atoms with Gasteiger partial charge in [0, 0.05) is 47.8 Å². The second-order valence-corrected chi connectivity index (χ2v) is 18.0. The molecule has 0 radical (unpaired) electrons. The third kappa shape index (κ3) is 14.5. The number of H-pyrrole nitrogens is 2. The summed E-state index contributed by atoms with van der Waals surface area (Å²) in [7, 11) is 0. The Hall–Kier alpha value is -6.61. The van der Waals surface area contributed by atoms with Crippen LogP contribution in [-0.2, 0) is 42.9 Å². The number of nitrogens with two attached hydrogens (primary N) is 1. The van der Waals surface area contributed by atoms with Gasteiger partial charge in [-0.15, -0.1) is 0 Å². The van der Waals surface area contributed by atoms with Crippen LogP contribution in [0.25, 0.3) is 0 Å². The molecule has 2 aromatic heterocycles. The molecule has 0 spiro atoms. The van der Waals surface area contributed by atoms with Crippen LogP contribution in [0.1, 0.15) is 101 Å². The Morgan fingerprint density at radius 2 is 1.08 bits per heavy atom. The van der Waals surface area contributed by atoms with Gasteiger partial charge in [-0.3, -0.25) is 24.5 Å². The number of hydrogen-bond donors (Lipinski definition) is 4. The first-order chi connectivity index (χ1) is 34.5. The summed E-state index contributed by atoms with van der Waals surface area (Å²) in [6, 6.07) is 33.2. The van der Waals surface area contributed by atoms with Crippen molar-refractivity contribution >= 4 is 58.0 Å². The van der Waals surface area contributed by atoms with E-state index in [-0.39, 0.29) is 53.8 Å². The number of carbonyl (C=O) groups is 4. The lowest BCUT2D eigenvalue weighted by Gasteiger charge is -2.48. The van der Waals surface area contributed by atoms with E-state index < -0.39 is 16.3 Å². The summed E-state index contributed by atoms with van der Waals surface area (Å²) < 4.78 is 14.2. The molecule has 4 aliphatic rings. The van der Waals surface area contributed by atoms with Gasteiger partial charge in [-0.2, -0.15) is 0 Å². The highest BCUT2D eigenvalue weighted by Gasteiger charge is 2.47. The van der Waals surface area contributed by atoms with Crippen molar-refractivity contribution in [1.29, 1.82) is 0 Å². The van der Waals surface area contributed by atoms with Gasteiger partial charge in [0.05, 0.1) is 22.2 Å². The predicted molar refractivity (Wildman–Crippen MR) is 282 cm³/mol. The minimum absolute atomic E-state index is 0.0416. The monoisotopic (exact) mass is 1040 g/mol. The number of aromatic nitrogens is 2. The summed E-state index contributed by atoms with van der Waals surface area (Å²) >= 11 is 15.3. The number of hydrogen-bond acceptors (Lipinski definition) is 11. The summed E-state index contributed by atoms with van der Waals surface area (Å²) in [6.45, 7) is 9.75. The van der Waals surface area contributed by atoms with Crippen molar-refractivity contribution in [2.24, 2.45) is 17.6 Å². The van der Waals surface area contributed by atoms with E-state index in [9.17, 15) is 28.8 Å². The molecule has 5 N–H and O–H groups in total. The zero-order valence-electron chi connectivity index (χ0n) is 40.8. The van der Waals surface area contributed by atoms with E-state index in [0.29, 0.717) is 22.6 Å². The Bertz CT molecular complexity index is 2940. The SMILES string of the molecule is C/C=C1\C2C=C(C)CC1(N)c1ccc(=O)[nH]c1C2.C/C=C1\C2C=C(C)CC1(NCOC(=O)c1ccccc1)c1ccc(=O)[nH]c1C2.CC(=O)OCCl.O=C(Cl)c1ccccc1.O=C(OCCl)c1ccccc1. The summed E-state index contributed by atoms with van der Waals surface area (Å²) in [5.41, 5.74) is 16.5. The number of benzene rings is 3. The molecule has 4 bridgehead atoms. The Balaban J connectivity index is 0.000000187. The van der Waals surface area contributed by atoms with Gasteiger partial charge in [-0.05, 0) is 124 Å². The molecule has 16 heteroatoms. The van der Waals surface area contributed by atoms with E-state index in [2.05, 4.69) is 69.8 Å². The molecule has 0 fully saturated rings. The minimum atomic E-state index is -0.479. The van der Waals surface area contributed by atoms with Gasteiger partial charge in [0.15, 0.2) is 12.1 Å². The van der Waals surface area contributed by atoms with E-state index in [1.165, 1.54) is 29.2 Å². The average Bonchev–Trinajstić information content (AvgIpc) is 3.35. The van der Waals surface area contributed by atoms with Gasteiger partial charge in [-0.25, -0.2) is 9.59 Å². The molecule has 9 rings (SSSR count). The quantitative estimate of drug-likeness (QED) is 0.0288. The number of allylic oxidation sites excluding steroid dienone is 4. The van der Waals surface area contributed by atoms with Gasteiger partial charge in [0.1, 0.15) is 6.73 Å². The van der Waals surface area contributed by atoms with E-state index in [0.717, 1.165) is 48.2 Å². The molecule has 5 aromatic rings. The van der Waals surface area contributed by atoms with Crippen molar-refractivity contribution in [2.75, 3.05) is 18.9 Å². The van der Waals surface area contributed by atoms with Gasteiger partial charge < -0.3 is 29.9 Å². The number of nitrogens with one attached hydrogen (secondary N) is 3. The standard InChI is InChI=1S/C23H24N2O3.C15H18N2O.C8H7ClO2.C7H5ClO.C3H5ClO2/c1-3-18-17-11-15(2)13-23(18,19-9-10-21(26)25-20(19)12-17)24-14-28-22(27)16-7-5-4-6-8-16;1-3-11-10-6-9(2)8-15(11,16)12-4-5-14(18)17-13(12)7-10;9-6-11-8(10)7-4-2-1-3-5-7;8-7(9)6-4-2-1-3-5-6;1-3(5)6-2-4/h3-11,17,24H,12-14H2,1-2H3,(H,25,26);3-6,10H,7-8,16H2,1-2H3,(H,17,18);1-5H,6H2;1-5H;2H2,1H3/b18-3+;11-3+;;;. The number of esters is 3. The number of halogens is 3. The number of carbonyl (C=O) groups excluding carboxylic acids is 4. The number of alkyl halides is 2. The highest BCUT2D eigenvalue weighted by atomic mass is 35.5. The molecule has 13 nitrogen and oxygen atoms in total. The number of aromatic amines is 2. The highest BCUT2D eigenvalue weighted by Crippen LogP contribution is 2.50. The number of ether oxygens (including phenoxy) is 3. The predicted octanol–water partition coefficient (Wildman–Crippen LogP) is 10.3. The van der Waals surface area contributed by atoms with Crippen LogP contribution >= 0.6 is 34.8 Å². The fraction of sp³-hybridized carbons (Fsp3) is 0.286. The maximum atomic E-state index is 12.3. The second-order valence-electron chi connectivity index (χ2n) is 17.2. The molecule has 4 atom stereocenters.